The molecule has 0 atom stereocenters. The number of unbranched alkanes of at least 4 members (excludes halogenated alkanes) is 2. The molecule has 25 heavy (non-hydrogen) atoms. The molecule has 142 valence electrons. The maximum atomic E-state index is 12.4. The lowest BCUT2D eigenvalue weighted by Crippen LogP contribution is -2.61. The smallest absolute Gasteiger partial charge is 0.243 e. The van der Waals surface area contributed by atoms with E-state index < -0.39 is 11.1 Å². The second-order valence-electron chi connectivity index (χ2n) is 8.72. The van der Waals surface area contributed by atoms with Crippen LogP contribution in [-0.2, 0) is 18.4 Å². The third kappa shape index (κ3) is 5.54. The van der Waals surface area contributed by atoms with E-state index in [1.165, 1.54) is 5.06 Å². The minimum atomic E-state index is -0.438. The molecule has 6 heteroatoms. The van der Waals surface area contributed by atoms with Crippen molar-refractivity contribution in [2.24, 2.45) is 7.05 Å². The topological polar surface area (TPSA) is 64.2 Å². The lowest BCUT2D eigenvalue weighted by molar-refractivity contribution is -0.671. The number of carbonyl (C=O) groups excluding carboxylic acids is 1. The van der Waals surface area contributed by atoms with Crippen LogP contribution in [0.1, 0.15) is 66.2 Å². The summed E-state index contributed by atoms with van der Waals surface area (Å²) in [6.45, 7) is 8.83. The molecule has 1 aliphatic heterocycles. The lowest BCUT2D eigenvalue weighted by atomic mass is 9.79. The van der Waals surface area contributed by atoms with E-state index in [4.69, 9.17) is 0 Å². The van der Waals surface area contributed by atoms with Crippen molar-refractivity contribution in [3.63, 3.8) is 0 Å². The van der Waals surface area contributed by atoms with Crippen molar-refractivity contribution in [1.29, 1.82) is 0 Å². The van der Waals surface area contributed by atoms with Gasteiger partial charge in [-0.3, -0.25) is 4.79 Å². The van der Waals surface area contributed by atoms with Gasteiger partial charge in [-0.15, -0.1) is 0 Å². The van der Waals surface area contributed by atoms with E-state index in [9.17, 15) is 10.0 Å². The number of piperidine rings is 1. The van der Waals surface area contributed by atoms with Gasteiger partial charge in [0.05, 0.1) is 13.6 Å². The molecule has 0 aliphatic carbocycles. The summed E-state index contributed by atoms with van der Waals surface area (Å²) in [6.07, 6.45) is 11.2. The molecule has 0 spiro atoms. The fourth-order valence-corrected chi connectivity index (χ4v) is 4.06. The Bertz CT molecular complexity index is 562. The minimum Gasteiger partial charge on any atom is -0.784 e. The Hall–Kier alpha value is -1.40. The van der Waals surface area contributed by atoms with Crippen molar-refractivity contribution in [3.8, 4) is 0 Å². The number of nitrogens with zero attached hydrogens (tertiary/aromatic N) is 3. The number of carbonyl (C=O) groups is 1. The maximum absolute atomic E-state index is 12.4. The number of imidazole rings is 1. The van der Waals surface area contributed by atoms with E-state index in [0.29, 0.717) is 19.3 Å². The van der Waals surface area contributed by atoms with Gasteiger partial charge in [-0.1, -0.05) is 0 Å². The highest BCUT2D eigenvalue weighted by Gasteiger charge is 2.40. The normalized spacial score (nSPS) is 20.6. The average Bonchev–Trinajstić information content (AvgIpc) is 2.89. The fraction of sp³-hybridized carbons (Fsp3) is 0.789. The first-order chi connectivity index (χ1) is 11.6. The van der Waals surface area contributed by atoms with Gasteiger partial charge in [0.15, 0.2) is 0 Å². The summed E-state index contributed by atoms with van der Waals surface area (Å²) in [4.78, 5) is 12.2. The number of aryl methyl sites for hydroxylation is 2. The van der Waals surface area contributed by atoms with Crippen LogP contribution in [0.4, 0.5) is 0 Å². The van der Waals surface area contributed by atoms with Crippen molar-refractivity contribution < 1.29 is 9.36 Å². The van der Waals surface area contributed by atoms with Crippen molar-refractivity contribution in [2.45, 2.75) is 89.9 Å². The molecule has 1 saturated heterocycles. The van der Waals surface area contributed by atoms with Crippen LogP contribution >= 0.6 is 0 Å². The first-order valence-electron chi connectivity index (χ1n) is 9.38. The third-order valence-corrected chi connectivity index (χ3v) is 5.10. The van der Waals surface area contributed by atoms with Crippen LogP contribution < -0.4 is 9.88 Å². The highest BCUT2D eigenvalue weighted by molar-refractivity contribution is 5.76. The van der Waals surface area contributed by atoms with Gasteiger partial charge in [0, 0.05) is 23.5 Å². The fourth-order valence-electron chi connectivity index (χ4n) is 4.06. The molecule has 1 N–H and O–H groups in total. The Morgan fingerprint density at radius 2 is 1.84 bits per heavy atom. The Balaban J connectivity index is 1.68. The molecule has 1 aliphatic rings. The van der Waals surface area contributed by atoms with Gasteiger partial charge >= 0.3 is 0 Å². The number of amides is 1. The van der Waals surface area contributed by atoms with E-state index in [0.717, 1.165) is 25.8 Å². The molecule has 2 heterocycles. The zero-order valence-corrected chi connectivity index (χ0v) is 16.4. The molecule has 1 aromatic rings. The van der Waals surface area contributed by atoms with Gasteiger partial charge in [-0.25, -0.2) is 9.13 Å². The summed E-state index contributed by atoms with van der Waals surface area (Å²) in [5.41, 5.74) is -0.876. The Labute approximate surface area is 151 Å². The first kappa shape index (κ1) is 19.9. The predicted octanol–water partition coefficient (Wildman–Crippen LogP) is 2.51. The van der Waals surface area contributed by atoms with Crippen LogP contribution in [0.3, 0.4) is 0 Å². The zero-order valence-electron chi connectivity index (χ0n) is 16.4. The van der Waals surface area contributed by atoms with Gasteiger partial charge in [-0.2, -0.15) is 0 Å². The highest BCUT2D eigenvalue weighted by atomic mass is 16.5. The van der Waals surface area contributed by atoms with Gasteiger partial charge < -0.3 is 15.6 Å². The summed E-state index contributed by atoms with van der Waals surface area (Å²) in [5, 5.41) is 16.7. The van der Waals surface area contributed by atoms with E-state index in [2.05, 4.69) is 22.4 Å². The van der Waals surface area contributed by atoms with E-state index >= 15 is 0 Å². The molecule has 1 amide bonds. The lowest BCUT2D eigenvalue weighted by Gasteiger charge is -2.60. The number of hydrogen-bond donors (Lipinski definition) is 1. The second-order valence-corrected chi connectivity index (χ2v) is 8.72. The molecular formula is C19H34N4O2. The third-order valence-electron chi connectivity index (χ3n) is 5.10. The van der Waals surface area contributed by atoms with Gasteiger partial charge in [-0.05, 0) is 59.8 Å². The molecule has 6 nitrogen and oxygen atoms in total. The van der Waals surface area contributed by atoms with Crippen LogP contribution in [0.25, 0.3) is 0 Å². The van der Waals surface area contributed by atoms with Crippen molar-refractivity contribution in [2.75, 3.05) is 0 Å². The molecule has 1 aromatic heterocycles. The van der Waals surface area contributed by atoms with Gasteiger partial charge in [0.1, 0.15) is 12.4 Å². The van der Waals surface area contributed by atoms with Gasteiger partial charge in [0.2, 0.25) is 12.2 Å². The summed E-state index contributed by atoms with van der Waals surface area (Å²) < 4.78 is 4.20. The standard InChI is InChI=1S/C19H34N4O2/c1-18(2)13-16(14-19(3,4)23(18)25)20-17(24)9-7-6-8-10-22-12-11-21(5)15-22/h11-12,15-16H,6-10,13-14H2,1-5H3,(H,20,24). The summed E-state index contributed by atoms with van der Waals surface area (Å²) in [7, 11) is 2.01. The maximum Gasteiger partial charge on any atom is 0.243 e. The van der Waals surface area contributed by atoms with E-state index in [1.54, 1.807) is 0 Å². The van der Waals surface area contributed by atoms with Crippen molar-refractivity contribution in [3.05, 3.63) is 23.9 Å². The molecule has 0 unspecified atom stereocenters. The van der Waals surface area contributed by atoms with Crippen molar-refractivity contribution in [1.82, 2.24) is 14.9 Å². The largest absolute Gasteiger partial charge is 0.784 e. The Kier molecular flexibility index (Phi) is 6.27. The molecule has 0 saturated carbocycles. The monoisotopic (exact) mass is 350 g/mol. The molecule has 0 bridgehead atoms. The van der Waals surface area contributed by atoms with E-state index in [-0.39, 0.29) is 11.9 Å². The zero-order chi connectivity index (χ0) is 18.7. The number of rotatable bonds is 7. The number of aromatic nitrogens is 2. The highest BCUT2D eigenvalue weighted by Crippen LogP contribution is 2.37. The van der Waals surface area contributed by atoms with Crippen LogP contribution in [0.2, 0.25) is 0 Å². The summed E-state index contributed by atoms with van der Waals surface area (Å²) in [5.74, 6) is 0.114. The second kappa shape index (κ2) is 7.87. The van der Waals surface area contributed by atoms with Crippen LogP contribution in [0.15, 0.2) is 18.7 Å². The SMILES string of the molecule is C[n+]1ccn(CCCCCC(=O)NC2CC(C)(C)N([O-])C(C)(C)C2)c1. The predicted molar refractivity (Wildman–Crippen MR) is 98.6 cm³/mol. The number of nitrogens with one attached hydrogen (secondary N) is 1. The summed E-state index contributed by atoms with van der Waals surface area (Å²) in [6, 6.07) is 0.0857. The van der Waals surface area contributed by atoms with E-state index in [1.807, 2.05) is 45.5 Å². The quantitative estimate of drug-likeness (QED) is 0.607. The molecule has 0 radical (unpaired) electrons. The van der Waals surface area contributed by atoms with Gasteiger partial charge in [0.25, 0.3) is 0 Å². The van der Waals surface area contributed by atoms with Crippen LogP contribution in [-0.4, -0.2) is 32.7 Å². The summed E-state index contributed by atoms with van der Waals surface area (Å²) >= 11 is 0. The van der Waals surface area contributed by atoms with Crippen molar-refractivity contribution >= 4 is 5.91 Å². The first-order valence-corrected chi connectivity index (χ1v) is 9.38. The van der Waals surface area contributed by atoms with Crippen LogP contribution in [0, 0.1) is 5.21 Å². The number of hydroxylamine groups is 2. The molecule has 1 fully saturated rings. The number of hydrogen-bond acceptors (Lipinski definition) is 3. The molecule has 2 rings (SSSR count). The van der Waals surface area contributed by atoms with Crippen LogP contribution in [0.5, 0.6) is 0 Å². The Morgan fingerprint density at radius 1 is 1.20 bits per heavy atom. The molecular weight excluding hydrogens is 316 g/mol. The molecule has 0 aromatic carbocycles. The Morgan fingerprint density at radius 3 is 2.40 bits per heavy atom. The average molecular weight is 351 g/mol. The minimum absolute atomic E-state index is 0.0857.